The molecule has 0 spiro atoms. The van der Waals surface area contributed by atoms with Gasteiger partial charge in [0.25, 0.3) is 0 Å². The zero-order valence-corrected chi connectivity index (χ0v) is 11.8. The van der Waals surface area contributed by atoms with Gasteiger partial charge in [0.05, 0.1) is 24.8 Å². The van der Waals surface area contributed by atoms with Crippen molar-refractivity contribution in [2.45, 2.75) is 12.8 Å². The Bertz CT molecular complexity index is 486. The van der Waals surface area contributed by atoms with E-state index in [4.69, 9.17) is 10.00 Å². The maximum absolute atomic E-state index is 12.0. The lowest BCUT2D eigenvalue weighted by molar-refractivity contribution is 0.0861. The smallest absolute Gasteiger partial charge is 0.176 e. The summed E-state index contributed by atoms with van der Waals surface area (Å²) in [6.45, 7) is 2.67. The highest BCUT2D eigenvalue weighted by atomic mass is 16.5. The number of hydrogen-bond acceptors (Lipinski definition) is 4. The topological polar surface area (TPSA) is 53.3 Å². The van der Waals surface area contributed by atoms with Crippen LogP contribution in [0.3, 0.4) is 0 Å². The average Bonchev–Trinajstić information content (AvgIpc) is 3.28. The number of nitriles is 1. The van der Waals surface area contributed by atoms with Crippen LogP contribution < -0.4 is 0 Å². The van der Waals surface area contributed by atoms with Gasteiger partial charge in [-0.1, -0.05) is 12.1 Å². The van der Waals surface area contributed by atoms with Crippen molar-refractivity contribution in [2.24, 2.45) is 5.92 Å². The molecule has 2 rings (SSSR count). The molecule has 20 heavy (non-hydrogen) atoms. The van der Waals surface area contributed by atoms with Crippen molar-refractivity contribution < 1.29 is 9.53 Å². The molecule has 106 valence electrons. The fourth-order valence-corrected chi connectivity index (χ4v) is 1.90. The minimum atomic E-state index is 0.0687. The van der Waals surface area contributed by atoms with Gasteiger partial charge in [-0.15, -0.1) is 0 Å². The van der Waals surface area contributed by atoms with E-state index in [9.17, 15) is 4.79 Å². The van der Waals surface area contributed by atoms with E-state index in [2.05, 4.69) is 0 Å². The molecule has 0 bridgehead atoms. The van der Waals surface area contributed by atoms with Crippen LogP contribution in [0.15, 0.2) is 24.3 Å². The van der Waals surface area contributed by atoms with Crippen molar-refractivity contribution in [3.05, 3.63) is 35.4 Å². The number of rotatable bonds is 8. The lowest BCUT2D eigenvalue weighted by Gasteiger charge is -2.15. The molecule has 1 aliphatic rings. The molecule has 0 atom stereocenters. The zero-order chi connectivity index (χ0) is 14.4. The van der Waals surface area contributed by atoms with Gasteiger partial charge < -0.3 is 4.74 Å². The first-order valence-electron chi connectivity index (χ1n) is 6.98. The summed E-state index contributed by atoms with van der Waals surface area (Å²) < 4.78 is 5.56. The number of carbonyl (C=O) groups is 1. The Labute approximate surface area is 120 Å². The highest BCUT2D eigenvalue weighted by Gasteiger charge is 2.21. The average molecular weight is 272 g/mol. The van der Waals surface area contributed by atoms with E-state index in [0.29, 0.717) is 24.3 Å². The molecule has 0 aliphatic heterocycles. The number of benzene rings is 1. The second-order valence-corrected chi connectivity index (χ2v) is 5.37. The van der Waals surface area contributed by atoms with Gasteiger partial charge in [0, 0.05) is 18.7 Å². The third kappa shape index (κ3) is 4.76. The Morgan fingerprint density at radius 2 is 2.10 bits per heavy atom. The predicted octanol–water partition coefficient (Wildman–Crippen LogP) is 2.10. The minimum Gasteiger partial charge on any atom is -0.380 e. The standard InChI is InChI=1S/C16H20N2O2/c1-18(8-9-20-12-14-2-3-14)11-16(19)15-6-4-13(10-17)5-7-15/h4-7,14H,2-3,8-9,11-12H2,1H3. The largest absolute Gasteiger partial charge is 0.380 e. The molecule has 0 amide bonds. The zero-order valence-electron chi connectivity index (χ0n) is 11.8. The monoisotopic (exact) mass is 272 g/mol. The fraction of sp³-hybridized carbons (Fsp3) is 0.500. The molecule has 4 nitrogen and oxygen atoms in total. The van der Waals surface area contributed by atoms with Gasteiger partial charge in [-0.05, 0) is 37.9 Å². The molecule has 0 saturated heterocycles. The first-order chi connectivity index (χ1) is 9.69. The van der Waals surface area contributed by atoms with Gasteiger partial charge in [0.2, 0.25) is 0 Å². The van der Waals surface area contributed by atoms with Gasteiger partial charge >= 0.3 is 0 Å². The minimum absolute atomic E-state index is 0.0687. The first-order valence-corrected chi connectivity index (χ1v) is 6.98. The van der Waals surface area contributed by atoms with Gasteiger partial charge in [0.15, 0.2) is 5.78 Å². The van der Waals surface area contributed by atoms with Gasteiger partial charge in [-0.2, -0.15) is 5.26 Å². The van der Waals surface area contributed by atoms with Gasteiger partial charge in [-0.3, -0.25) is 9.69 Å². The van der Waals surface area contributed by atoms with Crippen molar-refractivity contribution in [1.82, 2.24) is 4.90 Å². The molecule has 0 unspecified atom stereocenters. The normalized spacial score (nSPS) is 14.2. The first kappa shape index (κ1) is 14.7. The second kappa shape index (κ2) is 7.18. The Morgan fingerprint density at radius 3 is 2.70 bits per heavy atom. The van der Waals surface area contributed by atoms with Crippen molar-refractivity contribution in [2.75, 3.05) is 33.4 Å². The van der Waals surface area contributed by atoms with Gasteiger partial charge in [0.1, 0.15) is 0 Å². The molecule has 0 heterocycles. The Morgan fingerprint density at radius 1 is 1.40 bits per heavy atom. The second-order valence-electron chi connectivity index (χ2n) is 5.37. The summed E-state index contributed by atoms with van der Waals surface area (Å²) in [6.07, 6.45) is 2.60. The van der Waals surface area contributed by atoms with Crippen LogP contribution in [0.5, 0.6) is 0 Å². The summed E-state index contributed by atoms with van der Waals surface area (Å²) >= 11 is 0. The fourth-order valence-electron chi connectivity index (χ4n) is 1.90. The summed E-state index contributed by atoms with van der Waals surface area (Å²) in [7, 11) is 1.92. The van der Waals surface area contributed by atoms with Crippen LogP contribution in [0.4, 0.5) is 0 Å². The van der Waals surface area contributed by atoms with E-state index in [1.165, 1.54) is 12.8 Å². The number of carbonyl (C=O) groups excluding carboxylic acids is 1. The molecule has 1 aromatic rings. The summed E-state index contributed by atoms with van der Waals surface area (Å²) in [5.74, 6) is 0.847. The van der Waals surface area contributed by atoms with Crippen LogP contribution in [0, 0.1) is 17.2 Å². The molecule has 4 heteroatoms. The molecular weight excluding hydrogens is 252 g/mol. The van der Waals surface area contributed by atoms with Crippen LogP contribution in [-0.2, 0) is 4.74 Å². The van der Waals surface area contributed by atoms with Crippen molar-refractivity contribution in [3.63, 3.8) is 0 Å². The molecule has 0 radical (unpaired) electrons. The molecule has 0 aromatic heterocycles. The SMILES string of the molecule is CN(CCOCC1CC1)CC(=O)c1ccc(C#N)cc1. The third-order valence-corrected chi connectivity index (χ3v) is 3.42. The molecule has 0 N–H and O–H groups in total. The molecule has 1 aliphatic carbocycles. The van der Waals surface area contributed by atoms with Crippen LogP contribution >= 0.6 is 0 Å². The van der Waals surface area contributed by atoms with E-state index in [0.717, 1.165) is 19.1 Å². The predicted molar refractivity (Wildman–Crippen MR) is 76.5 cm³/mol. The van der Waals surface area contributed by atoms with E-state index in [1.54, 1.807) is 24.3 Å². The summed E-state index contributed by atoms with van der Waals surface area (Å²) in [6, 6.07) is 8.80. The Kier molecular flexibility index (Phi) is 5.28. The lowest BCUT2D eigenvalue weighted by atomic mass is 10.1. The van der Waals surface area contributed by atoms with Gasteiger partial charge in [-0.25, -0.2) is 0 Å². The van der Waals surface area contributed by atoms with E-state index >= 15 is 0 Å². The maximum atomic E-state index is 12.0. The molecular formula is C16H20N2O2. The van der Waals surface area contributed by atoms with Crippen LogP contribution in [0.25, 0.3) is 0 Å². The Hall–Kier alpha value is -1.70. The summed E-state index contributed by atoms with van der Waals surface area (Å²) in [4.78, 5) is 14.0. The number of ketones is 1. The molecule has 1 saturated carbocycles. The summed E-state index contributed by atoms with van der Waals surface area (Å²) in [5.41, 5.74) is 1.22. The van der Waals surface area contributed by atoms with Crippen LogP contribution in [0.1, 0.15) is 28.8 Å². The number of nitrogens with zero attached hydrogens (tertiary/aromatic N) is 2. The highest BCUT2D eigenvalue weighted by Crippen LogP contribution is 2.28. The number of hydrogen-bond donors (Lipinski definition) is 0. The molecule has 1 aromatic carbocycles. The number of Topliss-reactive ketones (excluding diaryl/α,β-unsaturated/α-hetero) is 1. The highest BCUT2D eigenvalue weighted by molar-refractivity contribution is 5.97. The summed E-state index contributed by atoms with van der Waals surface area (Å²) in [5, 5.41) is 8.72. The van der Waals surface area contributed by atoms with Crippen molar-refractivity contribution >= 4 is 5.78 Å². The van der Waals surface area contributed by atoms with Crippen molar-refractivity contribution in [3.8, 4) is 6.07 Å². The van der Waals surface area contributed by atoms with E-state index < -0.39 is 0 Å². The quantitative estimate of drug-likeness (QED) is 0.537. The van der Waals surface area contributed by atoms with Crippen molar-refractivity contribution in [1.29, 1.82) is 5.26 Å². The van der Waals surface area contributed by atoms with Crippen LogP contribution in [0.2, 0.25) is 0 Å². The lowest BCUT2D eigenvalue weighted by Crippen LogP contribution is -2.29. The Balaban J connectivity index is 1.70. The van der Waals surface area contributed by atoms with Crippen LogP contribution in [-0.4, -0.2) is 44.0 Å². The third-order valence-electron chi connectivity index (χ3n) is 3.42. The number of ether oxygens (including phenoxy) is 1. The van der Waals surface area contributed by atoms with E-state index in [1.807, 2.05) is 18.0 Å². The molecule has 1 fully saturated rings. The maximum Gasteiger partial charge on any atom is 0.176 e. The number of likely N-dealkylation sites (N-methyl/N-ethyl adjacent to an activating group) is 1. The van der Waals surface area contributed by atoms with E-state index in [-0.39, 0.29) is 5.78 Å².